The second-order valence-electron chi connectivity index (χ2n) is 8.42. The first-order chi connectivity index (χ1) is 14.7. The normalized spacial score (nSPS) is 20.6. The van der Waals surface area contributed by atoms with Crippen LogP contribution in [0.4, 0.5) is 0 Å². The first kappa shape index (κ1) is 19.4. The molecule has 0 atom stereocenters. The second kappa shape index (κ2) is 8.31. The molecule has 160 valence electrons. The molecule has 1 saturated heterocycles. The van der Waals surface area contributed by atoms with Crippen LogP contribution >= 0.6 is 0 Å². The molecule has 1 amide bonds. The summed E-state index contributed by atoms with van der Waals surface area (Å²) in [6.07, 6.45) is 10.2. The van der Waals surface area contributed by atoms with Gasteiger partial charge in [-0.05, 0) is 12.8 Å². The van der Waals surface area contributed by atoms with Gasteiger partial charge in [-0.1, -0.05) is 6.42 Å². The maximum atomic E-state index is 12.8. The van der Waals surface area contributed by atoms with Crippen LogP contribution in [-0.4, -0.2) is 92.8 Å². The van der Waals surface area contributed by atoms with E-state index in [0.29, 0.717) is 12.6 Å². The molecule has 4 heterocycles. The van der Waals surface area contributed by atoms with Crippen LogP contribution in [0.5, 0.6) is 6.01 Å². The minimum atomic E-state index is 0.252. The Hall–Kier alpha value is -2.52. The number of piperazine rings is 1. The fraction of sp³-hybridized carbons (Fsp3) is 0.619. The Morgan fingerprint density at radius 3 is 2.53 bits per heavy atom. The van der Waals surface area contributed by atoms with Crippen LogP contribution in [-0.2, 0) is 17.8 Å². The summed E-state index contributed by atoms with van der Waals surface area (Å²) in [5.74, 6) is 0.252. The zero-order valence-electron chi connectivity index (χ0n) is 17.5. The highest BCUT2D eigenvalue weighted by Crippen LogP contribution is 2.26. The maximum Gasteiger partial charge on any atom is 0.316 e. The van der Waals surface area contributed by atoms with E-state index >= 15 is 0 Å². The van der Waals surface area contributed by atoms with Crippen molar-refractivity contribution in [2.45, 2.75) is 38.3 Å². The van der Waals surface area contributed by atoms with Gasteiger partial charge in [-0.25, -0.2) is 14.6 Å². The Morgan fingerprint density at radius 1 is 1.10 bits per heavy atom. The van der Waals surface area contributed by atoms with Crippen molar-refractivity contribution in [2.24, 2.45) is 0 Å². The Balaban J connectivity index is 1.17. The number of hydrogen-bond acceptors (Lipinski definition) is 7. The first-order valence-electron chi connectivity index (χ1n) is 10.9. The zero-order valence-corrected chi connectivity index (χ0v) is 17.5. The highest BCUT2D eigenvalue weighted by molar-refractivity contribution is 5.78. The molecule has 0 radical (unpaired) electrons. The number of nitrogens with zero attached hydrogens (tertiary/aromatic N) is 7. The van der Waals surface area contributed by atoms with Crippen LogP contribution in [0.15, 0.2) is 18.6 Å². The lowest BCUT2D eigenvalue weighted by atomic mass is 9.91. The topological polar surface area (TPSA) is 79.6 Å². The number of carbonyl (C=O) groups excluding carboxylic acids is 1. The van der Waals surface area contributed by atoms with Gasteiger partial charge in [-0.2, -0.15) is 5.10 Å². The lowest BCUT2D eigenvalue weighted by molar-refractivity contribution is -0.135. The van der Waals surface area contributed by atoms with Crippen LogP contribution in [0.2, 0.25) is 0 Å². The van der Waals surface area contributed by atoms with Gasteiger partial charge in [0.05, 0.1) is 37.9 Å². The van der Waals surface area contributed by atoms with Gasteiger partial charge in [0.15, 0.2) is 0 Å². The predicted molar refractivity (Wildman–Crippen MR) is 110 cm³/mol. The maximum absolute atomic E-state index is 12.8. The number of hydrogen-bond donors (Lipinski definition) is 0. The number of carbonyl (C=O) groups is 1. The molecule has 9 heteroatoms. The van der Waals surface area contributed by atoms with E-state index in [2.05, 4.69) is 24.9 Å². The van der Waals surface area contributed by atoms with Gasteiger partial charge >= 0.3 is 6.01 Å². The van der Waals surface area contributed by atoms with Crippen molar-refractivity contribution in [1.29, 1.82) is 0 Å². The number of rotatable bonds is 5. The summed E-state index contributed by atoms with van der Waals surface area (Å²) in [4.78, 5) is 28.0. The average Bonchev–Trinajstić information content (AvgIpc) is 3.16. The van der Waals surface area contributed by atoms with Crippen LogP contribution in [0.1, 0.15) is 30.5 Å². The molecule has 30 heavy (non-hydrogen) atoms. The minimum Gasteiger partial charge on any atom is -0.467 e. The van der Waals surface area contributed by atoms with Crippen molar-refractivity contribution in [1.82, 2.24) is 34.4 Å². The standard InChI is InChI=1S/C21H29N7O2/c1-30-21-22-12-18(13-23-21)28-19-5-6-25(14-16(19)11-24-28)15-20(29)27-9-7-26(8-10-27)17-3-2-4-17/h11-13,17H,2-10,14-15H2,1H3. The SMILES string of the molecule is COc1ncc(-n2ncc3c2CCN(CC(=O)N2CCN(C4CCC4)CC2)C3)cn1. The molecule has 0 bridgehead atoms. The summed E-state index contributed by atoms with van der Waals surface area (Å²) in [5, 5.41) is 4.53. The molecule has 2 aromatic rings. The summed E-state index contributed by atoms with van der Waals surface area (Å²) in [5.41, 5.74) is 3.16. The molecule has 2 fully saturated rings. The third kappa shape index (κ3) is 3.79. The predicted octanol–water partition coefficient (Wildman–Crippen LogP) is 0.726. The fourth-order valence-corrected chi connectivity index (χ4v) is 4.65. The smallest absolute Gasteiger partial charge is 0.316 e. The Labute approximate surface area is 176 Å². The Kier molecular flexibility index (Phi) is 5.39. The molecule has 0 spiro atoms. The summed E-state index contributed by atoms with van der Waals surface area (Å²) in [7, 11) is 1.55. The monoisotopic (exact) mass is 411 g/mol. The molecule has 1 aliphatic carbocycles. The summed E-state index contributed by atoms with van der Waals surface area (Å²) < 4.78 is 6.93. The van der Waals surface area contributed by atoms with Gasteiger partial charge in [0, 0.05) is 57.3 Å². The van der Waals surface area contributed by atoms with E-state index in [1.54, 1.807) is 19.5 Å². The molecule has 3 aliphatic rings. The third-order valence-electron chi connectivity index (χ3n) is 6.67. The molecular weight excluding hydrogens is 382 g/mol. The molecule has 1 saturated carbocycles. The van der Waals surface area contributed by atoms with E-state index in [1.165, 1.54) is 30.5 Å². The van der Waals surface area contributed by atoms with E-state index in [9.17, 15) is 4.79 Å². The van der Waals surface area contributed by atoms with Crippen molar-refractivity contribution < 1.29 is 9.53 Å². The number of ether oxygens (including phenoxy) is 1. The van der Waals surface area contributed by atoms with Crippen molar-refractivity contribution >= 4 is 5.91 Å². The van der Waals surface area contributed by atoms with Crippen molar-refractivity contribution in [3.8, 4) is 11.7 Å². The van der Waals surface area contributed by atoms with Crippen molar-refractivity contribution in [3.63, 3.8) is 0 Å². The van der Waals surface area contributed by atoms with Gasteiger partial charge in [0.1, 0.15) is 5.69 Å². The quantitative estimate of drug-likeness (QED) is 0.717. The summed E-state index contributed by atoms with van der Waals surface area (Å²) in [6, 6.07) is 1.12. The number of amides is 1. The van der Waals surface area contributed by atoms with E-state index in [-0.39, 0.29) is 5.91 Å². The number of fused-ring (bicyclic) bond motifs is 1. The van der Waals surface area contributed by atoms with Crippen LogP contribution in [0.3, 0.4) is 0 Å². The number of methoxy groups -OCH3 is 1. The molecule has 2 aromatic heterocycles. The van der Waals surface area contributed by atoms with E-state index in [4.69, 9.17) is 4.74 Å². The molecule has 2 aliphatic heterocycles. The Morgan fingerprint density at radius 2 is 1.87 bits per heavy atom. The van der Waals surface area contributed by atoms with Gasteiger partial charge in [-0.3, -0.25) is 14.6 Å². The lowest BCUT2D eigenvalue weighted by Gasteiger charge is -2.43. The highest BCUT2D eigenvalue weighted by Gasteiger charge is 2.30. The fourth-order valence-electron chi connectivity index (χ4n) is 4.65. The third-order valence-corrected chi connectivity index (χ3v) is 6.67. The van der Waals surface area contributed by atoms with E-state index in [0.717, 1.165) is 57.4 Å². The van der Waals surface area contributed by atoms with E-state index < -0.39 is 0 Å². The van der Waals surface area contributed by atoms with Gasteiger partial charge in [0.25, 0.3) is 0 Å². The molecule has 0 aromatic carbocycles. The molecule has 9 nitrogen and oxygen atoms in total. The zero-order chi connectivity index (χ0) is 20.5. The highest BCUT2D eigenvalue weighted by atomic mass is 16.5. The average molecular weight is 412 g/mol. The molecular formula is C21H29N7O2. The van der Waals surface area contributed by atoms with Gasteiger partial charge in [-0.15, -0.1) is 0 Å². The van der Waals surface area contributed by atoms with Gasteiger partial charge < -0.3 is 9.64 Å². The van der Waals surface area contributed by atoms with Crippen molar-refractivity contribution in [3.05, 3.63) is 29.8 Å². The molecule has 0 unspecified atom stereocenters. The molecule has 0 N–H and O–H groups in total. The number of aromatic nitrogens is 4. The van der Waals surface area contributed by atoms with Crippen LogP contribution < -0.4 is 4.74 Å². The van der Waals surface area contributed by atoms with Gasteiger partial charge in [0.2, 0.25) is 5.91 Å². The lowest BCUT2D eigenvalue weighted by Crippen LogP contribution is -2.55. The van der Waals surface area contributed by atoms with Crippen LogP contribution in [0.25, 0.3) is 5.69 Å². The Bertz CT molecular complexity index is 885. The first-order valence-corrected chi connectivity index (χ1v) is 10.9. The molecule has 5 rings (SSSR count). The van der Waals surface area contributed by atoms with Crippen LogP contribution in [0, 0.1) is 0 Å². The second-order valence-corrected chi connectivity index (χ2v) is 8.42. The summed E-state index contributed by atoms with van der Waals surface area (Å²) in [6.45, 7) is 5.87. The minimum absolute atomic E-state index is 0.252. The largest absolute Gasteiger partial charge is 0.467 e. The van der Waals surface area contributed by atoms with E-state index in [1.807, 2.05) is 15.8 Å². The summed E-state index contributed by atoms with van der Waals surface area (Å²) >= 11 is 0. The van der Waals surface area contributed by atoms with Crippen molar-refractivity contribution in [2.75, 3.05) is 46.4 Å².